The lowest BCUT2D eigenvalue weighted by molar-refractivity contribution is 0.475. The summed E-state index contributed by atoms with van der Waals surface area (Å²) in [7, 11) is 0. The van der Waals surface area contributed by atoms with Crippen molar-refractivity contribution in [3.63, 3.8) is 0 Å². The molecule has 0 unspecified atom stereocenters. The summed E-state index contributed by atoms with van der Waals surface area (Å²) >= 11 is 0. The molecule has 0 aliphatic heterocycles. The van der Waals surface area contributed by atoms with Gasteiger partial charge in [-0.3, -0.25) is 4.79 Å². The van der Waals surface area contributed by atoms with E-state index in [1.54, 1.807) is 30.4 Å². The number of fused-ring (bicyclic) bond motifs is 1. The largest absolute Gasteiger partial charge is 0.508 e. The highest BCUT2D eigenvalue weighted by Crippen LogP contribution is 2.13. The van der Waals surface area contributed by atoms with Crippen molar-refractivity contribution in [2.45, 2.75) is 0 Å². The molecule has 2 N–H and O–H groups in total. The summed E-state index contributed by atoms with van der Waals surface area (Å²) in [6.07, 6.45) is 3.38. The second-order valence-corrected chi connectivity index (χ2v) is 4.40. The molecule has 4 nitrogen and oxygen atoms in total. The van der Waals surface area contributed by atoms with E-state index in [9.17, 15) is 9.90 Å². The van der Waals surface area contributed by atoms with Gasteiger partial charge in [0.2, 0.25) is 0 Å². The molecule has 0 aliphatic carbocycles. The Kier molecular flexibility index (Phi) is 3.05. The molecule has 20 heavy (non-hydrogen) atoms. The monoisotopic (exact) mass is 264 g/mol. The Morgan fingerprint density at radius 3 is 2.75 bits per heavy atom. The third-order valence-electron chi connectivity index (χ3n) is 2.93. The summed E-state index contributed by atoms with van der Waals surface area (Å²) in [5.41, 5.74) is 2.36. The number of hydrogen-bond acceptors (Lipinski definition) is 3. The van der Waals surface area contributed by atoms with Crippen LogP contribution < -0.4 is 5.56 Å². The molecular formula is C16H12N2O2. The minimum absolute atomic E-state index is 0.188. The summed E-state index contributed by atoms with van der Waals surface area (Å²) in [5.74, 6) is 0.188. The number of rotatable bonds is 2. The number of phenolic OH excluding ortho intramolecular Hbond substituents is 1. The van der Waals surface area contributed by atoms with Crippen LogP contribution in [-0.2, 0) is 0 Å². The molecule has 2 aromatic carbocycles. The summed E-state index contributed by atoms with van der Waals surface area (Å²) in [6.45, 7) is 0. The number of nitrogens with zero attached hydrogens (tertiary/aromatic N) is 1. The van der Waals surface area contributed by atoms with Gasteiger partial charge in [0.05, 0.1) is 11.0 Å². The molecule has 0 saturated heterocycles. The van der Waals surface area contributed by atoms with Gasteiger partial charge in [0, 0.05) is 0 Å². The highest BCUT2D eigenvalue weighted by molar-refractivity contribution is 5.76. The smallest absolute Gasteiger partial charge is 0.274 e. The minimum atomic E-state index is -0.236. The predicted molar refractivity (Wildman–Crippen MR) is 79.4 cm³/mol. The first-order chi connectivity index (χ1) is 9.72. The van der Waals surface area contributed by atoms with Gasteiger partial charge in [-0.15, -0.1) is 0 Å². The van der Waals surface area contributed by atoms with Crippen molar-refractivity contribution in [3.05, 3.63) is 70.1 Å². The van der Waals surface area contributed by atoms with Crippen molar-refractivity contribution >= 4 is 23.2 Å². The molecule has 0 amide bonds. The van der Waals surface area contributed by atoms with Gasteiger partial charge in [0.25, 0.3) is 5.56 Å². The van der Waals surface area contributed by atoms with Gasteiger partial charge in [-0.05, 0) is 35.9 Å². The van der Waals surface area contributed by atoms with Crippen LogP contribution in [0, 0.1) is 0 Å². The van der Waals surface area contributed by atoms with Gasteiger partial charge in [-0.1, -0.05) is 30.3 Å². The summed E-state index contributed by atoms with van der Waals surface area (Å²) < 4.78 is 0. The second kappa shape index (κ2) is 5.01. The van der Waals surface area contributed by atoms with Crippen LogP contribution in [0.25, 0.3) is 23.2 Å². The maximum atomic E-state index is 11.9. The first kappa shape index (κ1) is 12.2. The molecule has 1 aromatic heterocycles. The molecule has 3 aromatic rings. The van der Waals surface area contributed by atoms with E-state index in [4.69, 9.17) is 0 Å². The van der Waals surface area contributed by atoms with Gasteiger partial charge in [-0.2, -0.15) is 0 Å². The molecule has 1 heterocycles. The van der Waals surface area contributed by atoms with Crippen LogP contribution in [0.15, 0.2) is 53.3 Å². The van der Waals surface area contributed by atoms with Crippen molar-refractivity contribution in [1.82, 2.24) is 9.97 Å². The maximum Gasteiger partial charge on any atom is 0.274 e. The van der Waals surface area contributed by atoms with Gasteiger partial charge < -0.3 is 10.1 Å². The number of H-pyrrole nitrogens is 1. The van der Waals surface area contributed by atoms with Crippen LogP contribution in [0.5, 0.6) is 5.75 Å². The second-order valence-electron chi connectivity index (χ2n) is 4.40. The van der Waals surface area contributed by atoms with E-state index in [1.807, 2.05) is 30.3 Å². The number of aromatic nitrogens is 2. The molecular weight excluding hydrogens is 252 g/mol. The number of aromatic hydroxyl groups is 1. The van der Waals surface area contributed by atoms with Crippen molar-refractivity contribution < 1.29 is 5.11 Å². The third kappa shape index (κ3) is 2.44. The summed E-state index contributed by atoms with van der Waals surface area (Å²) in [5, 5.41) is 9.39. The molecule has 0 radical (unpaired) electrons. The van der Waals surface area contributed by atoms with E-state index in [1.165, 1.54) is 0 Å². The zero-order valence-corrected chi connectivity index (χ0v) is 10.6. The Morgan fingerprint density at radius 1 is 1.05 bits per heavy atom. The van der Waals surface area contributed by atoms with Crippen molar-refractivity contribution in [2.24, 2.45) is 0 Å². The highest BCUT2D eigenvalue weighted by atomic mass is 16.3. The lowest BCUT2D eigenvalue weighted by Gasteiger charge is -1.98. The van der Waals surface area contributed by atoms with Gasteiger partial charge in [0.15, 0.2) is 0 Å². The van der Waals surface area contributed by atoms with Gasteiger partial charge in [-0.25, -0.2) is 4.98 Å². The van der Waals surface area contributed by atoms with E-state index in [-0.39, 0.29) is 11.3 Å². The molecule has 3 rings (SSSR count). The molecule has 0 saturated carbocycles. The normalized spacial score (nSPS) is 11.2. The fraction of sp³-hybridized carbons (Fsp3) is 0. The Labute approximate surface area is 115 Å². The van der Waals surface area contributed by atoms with Crippen LogP contribution >= 0.6 is 0 Å². The van der Waals surface area contributed by atoms with Crippen molar-refractivity contribution in [1.29, 1.82) is 0 Å². The van der Waals surface area contributed by atoms with Crippen LogP contribution in [-0.4, -0.2) is 15.1 Å². The van der Waals surface area contributed by atoms with Crippen LogP contribution in [0.2, 0.25) is 0 Å². The molecule has 0 atom stereocenters. The highest BCUT2D eigenvalue weighted by Gasteiger charge is 2.00. The van der Waals surface area contributed by atoms with Crippen LogP contribution in [0.1, 0.15) is 11.3 Å². The Balaban J connectivity index is 2.02. The maximum absolute atomic E-state index is 11.9. The number of phenols is 1. The minimum Gasteiger partial charge on any atom is -0.508 e. The van der Waals surface area contributed by atoms with Crippen molar-refractivity contribution in [3.8, 4) is 5.75 Å². The SMILES string of the molecule is O=c1[nH]c2ccccc2nc1/C=C/c1cccc(O)c1. The Hall–Kier alpha value is -2.88. The average molecular weight is 264 g/mol. The molecule has 0 bridgehead atoms. The number of para-hydroxylation sites is 2. The van der Waals surface area contributed by atoms with Crippen molar-refractivity contribution in [2.75, 3.05) is 0 Å². The first-order valence-electron chi connectivity index (χ1n) is 6.18. The third-order valence-corrected chi connectivity index (χ3v) is 2.93. The molecule has 0 fully saturated rings. The predicted octanol–water partition coefficient (Wildman–Crippen LogP) is 2.80. The van der Waals surface area contributed by atoms with Gasteiger partial charge >= 0.3 is 0 Å². The van der Waals surface area contributed by atoms with E-state index in [2.05, 4.69) is 9.97 Å². The standard InChI is InChI=1S/C16H12N2O2/c19-12-5-3-4-11(10-12)8-9-15-16(20)18-14-7-2-1-6-13(14)17-15/h1-10,19H,(H,18,20)/b9-8+. The lowest BCUT2D eigenvalue weighted by Crippen LogP contribution is -2.11. The van der Waals surface area contributed by atoms with E-state index in [0.29, 0.717) is 11.2 Å². The number of hydrogen-bond donors (Lipinski definition) is 2. The van der Waals surface area contributed by atoms with E-state index in [0.717, 1.165) is 11.1 Å². The number of nitrogens with one attached hydrogen (secondary N) is 1. The lowest BCUT2D eigenvalue weighted by atomic mass is 10.2. The van der Waals surface area contributed by atoms with Crippen LogP contribution in [0.4, 0.5) is 0 Å². The van der Waals surface area contributed by atoms with E-state index >= 15 is 0 Å². The Morgan fingerprint density at radius 2 is 1.90 bits per heavy atom. The summed E-state index contributed by atoms with van der Waals surface area (Å²) in [4.78, 5) is 19.0. The Bertz CT molecular complexity index is 850. The fourth-order valence-corrected chi connectivity index (χ4v) is 1.96. The quantitative estimate of drug-likeness (QED) is 0.748. The van der Waals surface area contributed by atoms with Gasteiger partial charge in [0.1, 0.15) is 11.4 Å². The van der Waals surface area contributed by atoms with E-state index < -0.39 is 0 Å². The zero-order chi connectivity index (χ0) is 13.9. The number of benzene rings is 2. The number of aromatic amines is 1. The fourth-order valence-electron chi connectivity index (χ4n) is 1.96. The molecule has 4 heteroatoms. The zero-order valence-electron chi connectivity index (χ0n) is 10.6. The average Bonchev–Trinajstić information content (AvgIpc) is 2.45. The molecule has 0 aliphatic rings. The molecule has 98 valence electrons. The molecule has 0 spiro atoms. The topological polar surface area (TPSA) is 66.0 Å². The summed E-state index contributed by atoms with van der Waals surface area (Å²) in [6, 6.07) is 14.2. The van der Waals surface area contributed by atoms with Crippen LogP contribution in [0.3, 0.4) is 0 Å². The first-order valence-corrected chi connectivity index (χ1v) is 6.18.